The maximum atomic E-state index is 11.4. The Morgan fingerprint density at radius 2 is 1.89 bits per heavy atom. The lowest BCUT2D eigenvalue weighted by Crippen LogP contribution is -2.27. The molecule has 98 valence electrons. The van der Waals surface area contributed by atoms with E-state index in [9.17, 15) is 9.59 Å². The molecular weight excluding hydrogens is 228 g/mol. The van der Waals surface area contributed by atoms with Crippen molar-refractivity contribution in [2.24, 2.45) is 5.92 Å². The summed E-state index contributed by atoms with van der Waals surface area (Å²) in [5, 5.41) is 5.44. The van der Waals surface area contributed by atoms with Gasteiger partial charge in [0, 0.05) is 19.5 Å². The Morgan fingerprint density at radius 3 is 2.50 bits per heavy atom. The summed E-state index contributed by atoms with van der Waals surface area (Å²) in [5.41, 5.74) is 1.95. The summed E-state index contributed by atoms with van der Waals surface area (Å²) in [4.78, 5) is 22.7. The number of benzene rings is 1. The first kappa shape index (κ1) is 14.2. The minimum atomic E-state index is -0.0154. The van der Waals surface area contributed by atoms with Crippen molar-refractivity contribution in [2.45, 2.75) is 26.8 Å². The lowest BCUT2D eigenvalue weighted by atomic mass is 10.1. The number of likely N-dealkylation sites (N-methyl/N-ethyl adjacent to an activating group) is 1. The number of hydrogen-bond donors (Lipinski definition) is 2. The molecule has 1 aromatic carbocycles. The molecule has 4 nitrogen and oxygen atoms in total. The Balaban J connectivity index is 2.59. The van der Waals surface area contributed by atoms with E-state index in [2.05, 4.69) is 10.6 Å². The number of carbonyl (C=O) groups excluding carboxylic acids is 2. The molecule has 2 amide bonds. The van der Waals surface area contributed by atoms with Gasteiger partial charge in [0.1, 0.15) is 0 Å². The van der Waals surface area contributed by atoms with Crippen LogP contribution in [0.1, 0.15) is 25.0 Å². The van der Waals surface area contributed by atoms with E-state index in [1.807, 2.05) is 38.1 Å². The van der Waals surface area contributed by atoms with E-state index in [0.29, 0.717) is 13.0 Å². The molecule has 0 aliphatic heterocycles. The van der Waals surface area contributed by atoms with Crippen LogP contribution in [-0.4, -0.2) is 18.9 Å². The van der Waals surface area contributed by atoms with Gasteiger partial charge in [0.15, 0.2) is 0 Å². The third kappa shape index (κ3) is 4.57. The quantitative estimate of drug-likeness (QED) is 0.824. The van der Waals surface area contributed by atoms with Crippen LogP contribution in [0.25, 0.3) is 0 Å². The fourth-order valence-electron chi connectivity index (χ4n) is 1.52. The maximum absolute atomic E-state index is 11.4. The van der Waals surface area contributed by atoms with E-state index in [-0.39, 0.29) is 17.7 Å². The van der Waals surface area contributed by atoms with Crippen LogP contribution in [0, 0.1) is 5.92 Å². The van der Waals surface area contributed by atoms with Gasteiger partial charge in [-0.2, -0.15) is 0 Å². The molecule has 0 fully saturated rings. The topological polar surface area (TPSA) is 58.2 Å². The van der Waals surface area contributed by atoms with Crippen molar-refractivity contribution >= 4 is 11.8 Å². The molecule has 0 bridgehead atoms. The zero-order chi connectivity index (χ0) is 13.5. The highest BCUT2D eigenvalue weighted by Gasteiger charge is 2.06. The van der Waals surface area contributed by atoms with E-state index in [1.54, 1.807) is 7.05 Å². The Morgan fingerprint density at radius 1 is 1.22 bits per heavy atom. The minimum Gasteiger partial charge on any atom is -0.359 e. The van der Waals surface area contributed by atoms with Gasteiger partial charge in [-0.25, -0.2) is 0 Å². The molecule has 0 aliphatic rings. The molecule has 0 aromatic heterocycles. The van der Waals surface area contributed by atoms with Crippen molar-refractivity contribution in [3.8, 4) is 0 Å². The van der Waals surface area contributed by atoms with Crippen molar-refractivity contribution in [3.63, 3.8) is 0 Å². The summed E-state index contributed by atoms with van der Waals surface area (Å²) >= 11 is 0. The van der Waals surface area contributed by atoms with Crippen molar-refractivity contribution in [2.75, 3.05) is 7.05 Å². The zero-order valence-corrected chi connectivity index (χ0v) is 11.1. The summed E-state index contributed by atoms with van der Waals surface area (Å²) in [5.74, 6) is 0.00382. The normalized spacial score (nSPS) is 10.2. The fraction of sp³-hybridized carbons (Fsp3) is 0.429. The number of nitrogens with one attached hydrogen (secondary N) is 2. The highest BCUT2D eigenvalue weighted by atomic mass is 16.2. The van der Waals surface area contributed by atoms with Gasteiger partial charge in [-0.1, -0.05) is 38.1 Å². The van der Waals surface area contributed by atoms with Crippen LogP contribution in [0.2, 0.25) is 0 Å². The van der Waals surface area contributed by atoms with Gasteiger partial charge < -0.3 is 10.6 Å². The molecule has 0 radical (unpaired) electrons. The second-order valence-electron chi connectivity index (χ2n) is 4.54. The van der Waals surface area contributed by atoms with Gasteiger partial charge in [-0.3, -0.25) is 9.59 Å². The average molecular weight is 248 g/mol. The standard InChI is InChI=1S/C14H20N2O2/c1-10(2)14(18)16-9-12-6-4-5-11(7-12)8-13(17)15-3/h4-7,10H,8-9H2,1-3H3,(H,15,17)(H,16,18). The van der Waals surface area contributed by atoms with Gasteiger partial charge >= 0.3 is 0 Å². The van der Waals surface area contributed by atoms with E-state index < -0.39 is 0 Å². The highest BCUT2D eigenvalue weighted by molar-refractivity contribution is 5.78. The summed E-state index contributed by atoms with van der Waals surface area (Å²) in [6, 6.07) is 7.68. The van der Waals surface area contributed by atoms with Crippen LogP contribution in [0.5, 0.6) is 0 Å². The predicted molar refractivity (Wildman–Crippen MR) is 70.9 cm³/mol. The maximum Gasteiger partial charge on any atom is 0.224 e. The Labute approximate surface area is 108 Å². The lowest BCUT2D eigenvalue weighted by molar-refractivity contribution is -0.124. The molecule has 0 unspecified atom stereocenters. The highest BCUT2D eigenvalue weighted by Crippen LogP contribution is 2.06. The summed E-state index contributed by atoms with van der Waals surface area (Å²) in [6.07, 6.45) is 0.364. The lowest BCUT2D eigenvalue weighted by Gasteiger charge is -2.09. The van der Waals surface area contributed by atoms with Crippen LogP contribution in [-0.2, 0) is 22.6 Å². The SMILES string of the molecule is CNC(=O)Cc1cccc(CNC(=O)C(C)C)c1. The van der Waals surface area contributed by atoms with Crippen LogP contribution in [0.3, 0.4) is 0 Å². The van der Waals surface area contributed by atoms with E-state index >= 15 is 0 Å². The summed E-state index contributed by atoms with van der Waals surface area (Å²) in [6.45, 7) is 4.22. The molecular formula is C14H20N2O2. The number of amides is 2. The molecule has 1 aromatic rings. The number of rotatable bonds is 5. The van der Waals surface area contributed by atoms with Crippen LogP contribution in [0.15, 0.2) is 24.3 Å². The largest absolute Gasteiger partial charge is 0.359 e. The summed E-state index contributed by atoms with van der Waals surface area (Å²) < 4.78 is 0. The molecule has 0 aliphatic carbocycles. The van der Waals surface area contributed by atoms with Crippen LogP contribution < -0.4 is 10.6 Å². The van der Waals surface area contributed by atoms with Crippen molar-refractivity contribution < 1.29 is 9.59 Å². The van der Waals surface area contributed by atoms with Gasteiger partial charge in [0.2, 0.25) is 11.8 Å². The van der Waals surface area contributed by atoms with Crippen molar-refractivity contribution in [1.82, 2.24) is 10.6 Å². The van der Waals surface area contributed by atoms with Gasteiger partial charge in [0.25, 0.3) is 0 Å². The fourth-order valence-corrected chi connectivity index (χ4v) is 1.52. The Bertz CT molecular complexity index is 428. The molecule has 18 heavy (non-hydrogen) atoms. The van der Waals surface area contributed by atoms with E-state index in [1.165, 1.54) is 0 Å². The molecule has 4 heteroatoms. The minimum absolute atomic E-state index is 0.0148. The first-order chi connectivity index (χ1) is 8.52. The number of carbonyl (C=O) groups is 2. The average Bonchev–Trinajstić information content (AvgIpc) is 2.36. The first-order valence-corrected chi connectivity index (χ1v) is 6.09. The van der Waals surface area contributed by atoms with Crippen LogP contribution >= 0.6 is 0 Å². The predicted octanol–water partition coefficient (Wildman–Crippen LogP) is 1.25. The third-order valence-corrected chi connectivity index (χ3v) is 2.63. The molecule has 0 heterocycles. The second kappa shape index (κ2) is 6.79. The second-order valence-corrected chi connectivity index (χ2v) is 4.54. The van der Waals surface area contributed by atoms with E-state index in [4.69, 9.17) is 0 Å². The van der Waals surface area contributed by atoms with Crippen molar-refractivity contribution in [3.05, 3.63) is 35.4 Å². The smallest absolute Gasteiger partial charge is 0.224 e. The number of hydrogen-bond acceptors (Lipinski definition) is 2. The molecule has 1 rings (SSSR count). The van der Waals surface area contributed by atoms with E-state index in [0.717, 1.165) is 11.1 Å². The molecule has 0 saturated heterocycles. The molecule has 0 atom stereocenters. The van der Waals surface area contributed by atoms with Crippen molar-refractivity contribution in [1.29, 1.82) is 0 Å². The molecule has 2 N–H and O–H groups in total. The van der Waals surface area contributed by atoms with Gasteiger partial charge in [-0.15, -0.1) is 0 Å². The summed E-state index contributed by atoms with van der Waals surface area (Å²) in [7, 11) is 1.62. The van der Waals surface area contributed by atoms with Crippen LogP contribution in [0.4, 0.5) is 0 Å². The molecule has 0 spiro atoms. The van der Waals surface area contributed by atoms with Gasteiger partial charge in [-0.05, 0) is 11.1 Å². The molecule has 0 saturated carbocycles. The van der Waals surface area contributed by atoms with Gasteiger partial charge in [0.05, 0.1) is 6.42 Å². The first-order valence-electron chi connectivity index (χ1n) is 6.09. The zero-order valence-electron chi connectivity index (χ0n) is 11.1. The third-order valence-electron chi connectivity index (χ3n) is 2.63. The monoisotopic (exact) mass is 248 g/mol. The Kier molecular flexibility index (Phi) is 5.36. The Hall–Kier alpha value is -1.84.